The van der Waals surface area contributed by atoms with Crippen molar-refractivity contribution in [3.8, 4) is 0 Å². The van der Waals surface area contributed by atoms with Gasteiger partial charge in [-0.2, -0.15) is 0 Å². The summed E-state index contributed by atoms with van der Waals surface area (Å²) in [6, 6.07) is 0. The van der Waals surface area contributed by atoms with Crippen molar-refractivity contribution in [3.63, 3.8) is 0 Å². The standard InChI is InChI=1S/2BO3.Eu.Li.Sr/c2*2-1(3)4;;;/q2*-3;+3;+1;+2. The number of rotatable bonds is 0. The third-order valence-corrected chi connectivity index (χ3v) is 0. The van der Waals surface area contributed by atoms with Crippen LogP contribution >= 0.6 is 0 Å². The van der Waals surface area contributed by atoms with Gasteiger partial charge in [0, 0.05) is 0 Å². The quantitative estimate of drug-likeness (QED) is 0.391. The van der Waals surface area contributed by atoms with Crippen LogP contribution in [0.4, 0.5) is 0 Å². The second-order valence-electron chi connectivity index (χ2n) is 0.577. The molecule has 0 unspecified atom stereocenters. The van der Waals surface area contributed by atoms with Gasteiger partial charge in [0.1, 0.15) is 0 Å². The Hall–Kier alpha value is 3.55. The Balaban J connectivity index is -0.0000000171. The van der Waals surface area contributed by atoms with E-state index in [0.29, 0.717) is 0 Å². The maximum atomic E-state index is 8.42. The second-order valence-corrected chi connectivity index (χ2v) is 0.577. The minimum atomic E-state index is -2.92. The zero-order valence-electron chi connectivity index (χ0n) is 5.69. The van der Waals surface area contributed by atoms with Crippen molar-refractivity contribution < 1.29 is 98.4 Å². The Bertz CT molecular complexity index is 36.1. The molecule has 0 aromatic carbocycles. The summed E-state index contributed by atoms with van der Waals surface area (Å²) in [5.74, 6) is 0. The van der Waals surface area contributed by atoms with E-state index in [9.17, 15) is 0 Å². The van der Waals surface area contributed by atoms with Gasteiger partial charge in [0.25, 0.3) is 0 Å². The first kappa shape index (κ1) is 29.3. The van der Waals surface area contributed by atoms with Gasteiger partial charge in [-0.25, -0.2) is 0 Å². The first-order chi connectivity index (χ1) is 3.46. The molecule has 0 aliphatic heterocycles. The van der Waals surface area contributed by atoms with E-state index in [1.54, 1.807) is 0 Å². The summed E-state index contributed by atoms with van der Waals surface area (Å²) in [5.41, 5.74) is 0. The summed E-state index contributed by atoms with van der Waals surface area (Å²) in [7, 11) is -5.83. The molecule has 0 atom stereocenters. The molecule has 0 spiro atoms. The fraction of sp³-hybridized carbons (Fsp3) is 0. The van der Waals surface area contributed by atoms with Crippen molar-refractivity contribution in [1.29, 1.82) is 0 Å². The van der Waals surface area contributed by atoms with Gasteiger partial charge in [0.15, 0.2) is 0 Å². The molecule has 0 saturated carbocycles. The zero-order chi connectivity index (χ0) is 7.15. The van der Waals surface area contributed by atoms with Crippen LogP contribution in [0.25, 0.3) is 0 Å². The Labute approximate surface area is 155 Å². The van der Waals surface area contributed by atoms with Crippen LogP contribution in [0.5, 0.6) is 0 Å². The Morgan fingerprint density at radius 3 is 0.636 bits per heavy atom. The molecule has 0 fully saturated rings. The minimum Gasteiger partial charge on any atom is -0.907 e. The van der Waals surface area contributed by atoms with Crippen molar-refractivity contribution in [2.75, 3.05) is 0 Å². The summed E-state index contributed by atoms with van der Waals surface area (Å²) < 4.78 is 0. The Morgan fingerprint density at radius 1 is 0.636 bits per heavy atom. The van der Waals surface area contributed by atoms with Gasteiger partial charge in [-0.05, 0) is 0 Å². The van der Waals surface area contributed by atoms with E-state index in [1.165, 1.54) is 0 Å². The Morgan fingerprint density at radius 2 is 0.636 bits per heavy atom. The van der Waals surface area contributed by atoms with Crippen molar-refractivity contribution in [3.05, 3.63) is 0 Å². The molecule has 0 aromatic heterocycles. The summed E-state index contributed by atoms with van der Waals surface area (Å²) in [4.78, 5) is 0. The van der Waals surface area contributed by atoms with Crippen molar-refractivity contribution in [2.45, 2.75) is 0 Å². The van der Waals surface area contributed by atoms with E-state index in [2.05, 4.69) is 0 Å². The van der Waals surface area contributed by atoms with Crippen LogP contribution in [0.3, 0.4) is 0 Å². The van der Waals surface area contributed by atoms with Crippen LogP contribution in [0.2, 0.25) is 0 Å². The Kier molecular flexibility index (Phi) is 62.3. The van der Waals surface area contributed by atoms with E-state index in [0.717, 1.165) is 0 Å². The maximum Gasteiger partial charge on any atom is 3.00 e. The molecule has 0 saturated heterocycles. The molecule has 0 heterocycles. The van der Waals surface area contributed by atoms with Crippen LogP contribution in [-0.2, 0) is 0 Å². The molecule has 0 aliphatic carbocycles. The van der Waals surface area contributed by atoms with E-state index in [4.69, 9.17) is 30.1 Å². The normalized spacial score (nSPS) is 4.91. The zero-order valence-corrected chi connectivity index (χ0v) is 11.6. The van der Waals surface area contributed by atoms with Crippen LogP contribution < -0.4 is 49.0 Å². The van der Waals surface area contributed by atoms with Gasteiger partial charge in [-0.1, -0.05) is 0 Å². The van der Waals surface area contributed by atoms with Gasteiger partial charge in [0.05, 0.1) is 0 Å². The first-order valence-electron chi connectivity index (χ1n) is 1.41. The third kappa shape index (κ3) is 143. The molecule has 52 valence electrons. The van der Waals surface area contributed by atoms with Crippen LogP contribution in [-0.4, -0.2) is 60.1 Å². The van der Waals surface area contributed by atoms with Crippen LogP contribution in [0, 0.1) is 49.4 Å². The SMILES string of the molecule is [Eu+3].[Li+].[O-]B([O-])[O-].[O-]B([O-])[O-].[Sr+2]. The molecule has 0 N–H and O–H groups in total. The van der Waals surface area contributed by atoms with E-state index in [-0.39, 0.29) is 114 Å². The van der Waals surface area contributed by atoms with Crippen molar-refractivity contribution in [2.24, 2.45) is 0 Å². The predicted molar refractivity (Wildman–Crippen MR) is 17.3 cm³/mol. The predicted octanol–water partition coefficient (Wildman–Crippen LogP) is -11.3. The maximum absolute atomic E-state index is 8.42. The van der Waals surface area contributed by atoms with Gasteiger partial charge in [-0.15, -0.1) is 0 Å². The smallest absolute Gasteiger partial charge is 0.907 e. The fourth-order valence-electron chi connectivity index (χ4n) is 0. The average Bonchev–Trinajstić information content (AvgIpc) is 1.25. The summed E-state index contributed by atoms with van der Waals surface area (Å²) in [6.07, 6.45) is 0. The molecule has 0 amide bonds. The largest absolute Gasteiger partial charge is 3.00 e. The molecule has 0 rings (SSSR count). The fourth-order valence-corrected chi connectivity index (χ4v) is 0. The van der Waals surface area contributed by atoms with Crippen LogP contribution in [0.15, 0.2) is 0 Å². The van der Waals surface area contributed by atoms with Gasteiger partial charge >= 0.3 is 114 Å². The molecular formula is B2EuLiO6Sr. The molecule has 0 bridgehead atoms. The molecule has 0 aromatic rings. The molecule has 11 heteroatoms. The van der Waals surface area contributed by atoms with E-state index < -0.39 is 14.6 Å². The first-order valence-corrected chi connectivity index (χ1v) is 1.41. The molecule has 0 aliphatic rings. The molecular weight excluding hydrogens is 364 g/mol. The van der Waals surface area contributed by atoms with Gasteiger partial charge in [-0.3, -0.25) is 14.6 Å². The summed E-state index contributed by atoms with van der Waals surface area (Å²) >= 11 is 0. The monoisotopic (exact) mass is 366 g/mol. The number of hydrogen-bond donors (Lipinski definition) is 0. The average molecular weight is 364 g/mol. The second kappa shape index (κ2) is 23.4. The minimum absolute atomic E-state index is 0. The molecule has 11 heavy (non-hydrogen) atoms. The van der Waals surface area contributed by atoms with Crippen molar-refractivity contribution >= 4 is 60.1 Å². The molecule has 0 radical (unpaired) electrons. The third-order valence-electron chi connectivity index (χ3n) is 0. The van der Waals surface area contributed by atoms with E-state index in [1.807, 2.05) is 0 Å². The summed E-state index contributed by atoms with van der Waals surface area (Å²) in [5, 5.41) is 50.5. The van der Waals surface area contributed by atoms with Gasteiger partial charge < -0.3 is 30.1 Å². The van der Waals surface area contributed by atoms with Gasteiger partial charge in [0.2, 0.25) is 0 Å². The summed E-state index contributed by atoms with van der Waals surface area (Å²) in [6.45, 7) is 0. The topological polar surface area (TPSA) is 138 Å². The number of hydrogen-bond acceptors (Lipinski definition) is 6. The van der Waals surface area contributed by atoms with Crippen LogP contribution in [0.1, 0.15) is 0 Å². The molecule has 6 nitrogen and oxygen atoms in total. The van der Waals surface area contributed by atoms with E-state index >= 15 is 0 Å². The van der Waals surface area contributed by atoms with Crippen molar-refractivity contribution in [1.82, 2.24) is 0 Å².